The lowest BCUT2D eigenvalue weighted by Gasteiger charge is -2.37. The Kier molecular flexibility index (Phi) is 7.37. The van der Waals surface area contributed by atoms with Crippen LogP contribution in [0.25, 0.3) is 10.9 Å². The second kappa shape index (κ2) is 10.6. The van der Waals surface area contributed by atoms with Gasteiger partial charge in [-0.15, -0.1) is 5.10 Å². The van der Waals surface area contributed by atoms with Gasteiger partial charge in [-0.05, 0) is 57.5 Å². The molecule has 1 aliphatic heterocycles. The minimum absolute atomic E-state index is 0.0477. The number of fused-ring (bicyclic) bond motifs is 1. The van der Waals surface area contributed by atoms with Crippen molar-refractivity contribution in [3.63, 3.8) is 0 Å². The zero-order valence-corrected chi connectivity index (χ0v) is 19.1. The van der Waals surface area contributed by atoms with Crippen molar-refractivity contribution in [3.8, 4) is 5.75 Å². The molecular weight excluding hydrogens is 402 g/mol. The van der Waals surface area contributed by atoms with Crippen LogP contribution in [0.1, 0.15) is 33.1 Å². The first-order valence-electron chi connectivity index (χ1n) is 11.7. The van der Waals surface area contributed by atoms with E-state index in [0.29, 0.717) is 17.4 Å². The lowest BCUT2D eigenvalue weighted by molar-refractivity contribution is 0.236. The summed E-state index contributed by atoms with van der Waals surface area (Å²) in [6.45, 7) is 10.0. The van der Waals surface area contributed by atoms with Crippen LogP contribution in [-0.2, 0) is 6.54 Å². The molecule has 0 radical (unpaired) electrons. The molecule has 1 saturated heterocycles. The fourth-order valence-corrected chi connectivity index (χ4v) is 4.23. The summed E-state index contributed by atoms with van der Waals surface area (Å²) in [6.07, 6.45) is 3.32. The number of nitrogens with zero attached hydrogens (tertiary/aromatic N) is 5. The van der Waals surface area contributed by atoms with E-state index in [2.05, 4.69) is 52.2 Å². The van der Waals surface area contributed by atoms with Gasteiger partial charge >= 0.3 is 0 Å². The van der Waals surface area contributed by atoms with E-state index in [4.69, 9.17) is 4.74 Å². The number of ether oxygens (including phenoxy) is 1. The molecule has 0 bridgehead atoms. The van der Waals surface area contributed by atoms with Crippen molar-refractivity contribution in [2.24, 2.45) is 0 Å². The number of anilines is 1. The van der Waals surface area contributed by atoms with Crippen molar-refractivity contribution in [3.05, 3.63) is 58.9 Å². The summed E-state index contributed by atoms with van der Waals surface area (Å²) in [5.74, 6) is 0.975. The van der Waals surface area contributed by atoms with Gasteiger partial charge in [0.25, 0.3) is 5.56 Å². The van der Waals surface area contributed by atoms with Gasteiger partial charge in [-0.3, -0.25) is 9.69 Å². The Hall–Kier alpha value is -2.93. The van der Waals surface area contributed by atoms with E-state index in [0.717, 1.165) is 57.7 Å². The maximum Gasteiger partial charge on any atom is 0.277 e. The van der Waals surface area contributed by atoms with Gasteiger partial charge in [0, 0.05) is 32.7 Å². The van der Waals surface area contributed by atoms with Gasteiger partial charge in [0.2, 0.25) is 0 Å². The molecule has 2 heterocycles. The van der Waals surface area contributed by atoms with E-state index in [9.17, 15) is 4.79 Å². The van der Waals surface area contributed by atoms with Gasteiger partial charge < -0.3 is 9.64 Å². The van der Waals surface area contributed by atoms with Crippen LogP contribution in [0.3, 0.4) is 0 Å². The Morgan fingerprint density at radius 3 is 2.44 bits per heavy atom. The van der Waals surface area contributed by atoms with Crippen LogP contribution in [0.2, 0.25) is 0 Å². The molecule has 0 spiro atoms. The number of para-hydroxylation sites is 2. The molecule has 0 unspecified atom stereocenters. The van der Waals surface area contributed by atoms with Gasteiger partial charge in [0.15, 0.2) is 0 Å². The number of piperazine rings is 1. The van der Waals surface area contributed by atoms with E-state index in [1.54, 1.807) is 0 Å². The number of aryl methyl sites for hydroxylation is 1. The molecule has 2 aromatic carbocycles. The quantitative estimate of drug-likeness (QED) is 0.479. The largest absolute Gasteiger partial charge is 0.489 e. The summed E-state index contributed by atoms with van der Waals surface area (Å²) in [5, 5.41) is 8.88. The molecule has 0 amide bonds. The number of rotatable bonds is 9. The van der Waals surface area contributed by atoms with Crippen LogP contribution in [0.15, 0.2) is 53.3 Å². The van der Waals surface area contributed by atoms with Crippen molar-refractivity contribution in [1.29, 1.82) is 0 Å². The smallest absolute Gasteiger partial charge is 0.277 e. The molecule has 0 saturated carbocycles. The predicted molar refractivity (Wildman–Crippen MR) is 129 cm³/mol. The monoisotopic (exact) mass is 435 g/mol. The highest BCUT2D eigenvalue weighted by atomic mass is 16.5. The fourth-order valence-electron chi connectivity index (χ4n) is 4.23. The van der Waals surface area contributed by atoms with Crippen molar-refractivity contribution in [1.82, 2.24) is 19.9 Å². The number of hydrogen-bond acceptors (Lipinski definition) is 6. The number of aromatic nitrogens is 3. The minimum atomic E-state index is -0.0477. The molecule has 0 atom stereocenters. The summed E-state index contributed by atoms with van der Waals surface area (Å²) < 4.78 is 7.49. The molecule has 1 aliphatic rings. The molecule has 1 aromatic heterocycles. The highest BCUT2D eigenvalue weighted by Crippen LogP contribution is 2.29. The average molecular weight is 436 g/mol. The van der Waals surface area contributed by atoms with Gasteiger partial charge in [0.1, 0.15) is 11.3 Å². The molecular formula is C25H33N5O2. The van der Waals surface area contributed by atoms with E-state index < -0.39 is 0 Å². The van der Waals surface area contributed by atoms with Crippen molar-refractivity contribution < 1.29 is 4.74 Å². The normalized spacial score (nSPS) is 14.9. The zero-order chi connectivity index (χ0) is 22.3. The Balaban J connectivity index is 1.20. The van der Waals surface area contributed by atoms with Crippen LogP contribution >= 0.6 is 0 Å². The molecule has 170 valence electrons. The van der Waals surface area contributed by atoms with Crippen molar-refractivity contribution >= 4 is 16.6 Å². The second-order valence-electron chi connectivity index (χ2n) is 8.66. The van der Waals surface area contributed by atoms with E-state index >= 15 is 0 Å². The summed E-state index contributed by atoms with van der Waals surface area (Å²) in [4.78, 5) is 17.5. The number of benzene rings is 2. The number of unbranched alkanes of at least 4 members (excludes halogenated alkanes) is 2. The van der Waals surface area contributed by atoms with E-state index in [1.165, 1.54) is 10.4 Å². The zero-order valence-electron chi connectivity index (χ0n) is 19.1. The van der Waals surface area contributed by atoms with Gasteiger partial charge in [0.05, 0.1) is 17.2 Å². The first-order chi connectivity index (χ1) is 15.6. The van der Waals surface area contributed by atoms with E-state index in [-0.39, 0.29) is 11.7 Å². The Labute approximate surface area is 189 Å². The van der Waals surface area contributed by atoms with Gasteiger partial charge in [-0.2, -0.15) is 0 Å². The van der Waals surface area contributed by atoms with Crippen molar-refractivity contribution in [2.75, 3.05) is 37.6 Å². The minimum Gasteiger partial charge on any atom is -0.489 e. The third kappa shape index (κ3) is 5.46. The van der Waals surface area contributed by atoms with Crippen LogP contribution < -0.4 is 15.2 Å². The van der Waals surface area contributed by atoms with Crippen LogP contribution in [0.5, 0.6) is 5.75 Å². The van der Waals surface area contributed by atoms with Gasteiger partial charge in [-0.25, -0.2) is 4.68 Å². The maximum atomic E-state index is 12.5. The summed E-state index contributed by atoms with van der Waals surface area (Å²) in [5.41, 5.74) is 1.81. The standard InChI is InChI=1S/C25H33N5O2/c1-20(2)32-24-13-7-6-12-23(24)29-18-16-28(17-19-29)14-8-3-9-15-30-25(31)21-10-4-5-11-22(21)26-27-30/h4-7,10-13,20H,3,8-9,14-19H2,1-2H3. The molecule has 0 aliphatic carbocycles. The molecule has 3 aromatic rings. The lowest BCUT2D eigenvalue weighted by atomic mass is 10.2. The Morgan fingerprint density at radius 2 is 1.62 bits per heavy atom. The number of hydrogen-bond donors (Lipinski definition) is 0. The Bertz CT molecular complexity index is 1070. The maximum absolute atomic E-state index is 12.5. The summed E-state index contributed by atoms with van der Waals surface area (Å²) in [6, 6.07) is 15.7. The third-order valence-electron chi connectivity index (χ3n) is 5.91. The average Bonchev–Trinajstić information content (AvgIpc) is 2.81. The SMILES string of the molecule is CC(C)Oc1ccccc1N1CCN(CCCCCn2nnc3ccccc3c2=O)CC1. The topological polar surface area (TPSA) is 63.5 Å². The van der Waals surface area contributed by atoms with Crippen molar-refractivity contribution in [2.45, 2.75) is 45.8 Å². The fraction of sp³-hybridized carbons (Fsp3) is 0.480. The summed E-state index contributed by atoms with van der Waals surface area (Å²) in [7, 11) is 0. The van der Waals surface area contributed by atoms with Crippen LogP contribution in [-0.4, -0.2) is 58.7 Å². The molecule has 4 rings (SSSR count). The van der Waals surface area contributed by atoms with Crippen LogP contribution in [0.4, 0.5) is 5.69 Å². The van der Waals surface area contributed by atoms with E-state index in [1.807, 2.05) is 30.3 Å². The van der Waals surface area contributed by atoms with Crippen LogP contribution in [0, 0.1) is 0 Å². The molecule has 32 heavy (non-hydrogen) atoms. The predicted octanol–water partition coefficient (Wildman–Crippen LogP) is 3.57. The first-order valence-corrected chi connectivity index (χ1v) is 11.7. The summed E-state index contributed by atoms with van der Waals surface area (Å²) >= 11 is 0. The third-order valence-corrected chi connectivity index (χ3v) is 5.91. The first kappa shape index (κ1) is 22.3. The van der Waals surface area contributed by atoms with Gasteiger partial charge in [-0.1, -0.05) is 35.9 Å². The lowest BCUT2D eigenvalue weighted by Crippen LogP contribution is -2.46. The molecule has 7 heteroatoms. The molecule has 0 N–H and O–H groups in total. The second-order valence-corrected chi connectivity index (χ2v) is 8.66. The Morgan fingerprint density at radius 1 is 0.906 bits per heavy atom. The highest BCUT2D eigenvalue weighted by Gasteiger charge is 2.19. The highest BCUT2D eigenvalue weighted by molar-refractivity contribution is 5.76. The molecule has 7 nitrogen and oxygen atoms in total. The molecule has 1 fully saturated rings.